The second-order valence-electron chi connectivity index (χ2n) is 5.59. The lowest BCUT2D eigenvalue weighted by atomic mass is 10.2. The molecule has 1 aliphatic rings. The molecule has 2 aromatic carbocycles. The van der Waals surface area contributed by atoms with Crippen molar-refractivity contribution < 1.29 is 9.53 Å². The predicted octanol–water partition coefficient (Wildman–Crippen LogP) is 5.14. The molecule has 1 heterocycles. The summed E-state index contributed by atoms with van der Waals surface area (Å²) in [5.41, 5.74) is 1.58. The Morgan fingerprint density at radius 2 is 2.04 bits per heavy atom. The largest absolute Gasteiger partial charge is 0.493 e. The van der Waals surface area contributed by atoms with Crippen molar-refractivity contribution in [3.05, 3.63) is 63.6 Å². The van der Waals surface area contributed by atoms with E-state index in [1.165, 1.54) is 11.8 Å². The summed E-state index contributed by atoms with van der Waals surface area (Å²) >= 11 is 13.5. The minimum Gasteiger partial charge on any atom is -0.493 e. The molecule has 0 unspecified atom stereocenters. The zero-order chi connectivity index (χ0) is 18.5. The third-order valence-electron chi connectivity index (χ3n) is 3.82. The molecular formula is C19H18Cl2N2O2S. The Hall–Kier alpha value is -1.69. The molecule has 3 rings (SSSR count). The number of nitrogens with zero attached hydrogens (tertiary/aromatic N) is 2. The first-order chi connectivity index (χ1) is 12.6. The number of amides is 1. The van der Waals surface area contributed by atoms with Crippen LogP contribution in [-0.4, -0.2) is 35.7 Å². The summed E-state index contributed by atoms with van der Waals surface area (Å²) in [6.45, 7) is 3.59. The maximum absolute atomic E-state index is 13.0. The number of rotatable bonds is 5. The van der Waals surface area contributed by atoms with Crippen LogP contribution in [0.1, 0.15) is 22.8 Å². The topological polar surface area (TPSA) is 41.9 Å². The number of thioether (sulfide) groups is 1. The lowest BCUT2D eigenvalue weighted by Crippen LogP contribution is -2.33. The van der Waals surface area contributed by atoms with Crippen LogP contribution in [0.4, 0.5) is 0 Å². The average Bonchev–Trinajstić information content (AvgIpc) is 3.11. The summed E-state index contributed by atoms with van der Waals surface area (Å²) in [6, 6.07) is 12.8. The maximum atomic E-state index is 13.0. The predicted molar refractivity (Wildman–Crippen MR) is 109 cm³/mol. The van der Waals surface area contributed by atoms with E-state index >= 15 is 0 Å². The molecule has 7 heteroatoms. The molecule has 0 atom stereocenters. The fraction of sp³-hybridized carbons (Fsp3) is 0.263. The smallest absolute Gasteiger partial charge is 0.263 e. The van der Waals surface area contributed by atoms with Crippen molar-refractivity contribution in [2.24, 2.45) is 4.99 Å². The number of amidine groups is 1. The molecule has 0 spiro atoms. The molecule has 4 nitrogen and oxygen atoms in total. The first kappa shape index (κ1) is 19.1. The molecule has 1 amide bonds. The highest BCUT2D eigenvalue weighted by atomic mass is 35.5. The van der Waals surface area contributed by atoms with Crippen LogP contribution in [-0.2, 0) is 5.75 Å². The van der Waals surface area contributed by atoms with Gasteiger partial charge in [-0.3, -0.25) is 14.7 Å². The third-order valence-corrected chi connectivity index (χ3v) is 5.64. The van der Waals surface area contributed by atoms with Crippen molar-refractivity contribution in [3.63, 3.8) is 0 Å². The first-order valence-corrected chi connectivity index (χ1v) is 9.99. The van der Waals surface area contributed by atoms with Crippen LogP contribution in [0.25, 0.3) is 0 Å². The van der Waals surface area contributed by atoms with E-state index < -0.39 is 0 Å². The zero-order valence-corrected chi connectivity index (χ0v) is 16.6. The molecular weight excluding hydrogens is 391 g/mol. The summed E-state index contributed by atoms with van der Waals surface area (Å²) in [6.07, 6.45) is 0. The van der Waals surface area contributed by atoms with Gasteiger partial charge in [0.05, 0.1) is 28.8 Å². The number of aliphatic imine (C=N–C) groups is 1. The lowest BCUT2D eigenvalue weighted by Gasteiger charge is -2.19. The average molecular weight is 409 g/mol. The monoisotopic (exact) mass is 408 g/mol. The standard InChI is InChI=1S/C19H18Cl2N2O2S/c1-2-25-17-6-4-3-5-14(17)18(24)23-10-9-22-19(23)26-12-13-7-8-15(20)16(21)11-13/h3-8,11H,2,9-10,12H2,1H3. The molecule has 26 heavy (non-hydrogen) atoms. The van der Waals surface area contributed by atoms with E-state index in [0.717, 1.165) is 5.56 Å². The molecule has 0 saturated carbocycles. The maximum Gasteiger partial charge on any atom is 0.263 e. The van der Waals surface area contributed by atoms with Crippen LogP contribution in [0.15, 0.2) is 47.5 Å². The molecule has 0 radical (unpaired) electrons. The summed E-state index contributed by atoms with van der Waals surface area (Å²) in [7, 11) is 0. The Kier molecular flexibility index (Phi) is 6.46. The van der Waals surface area contributed by atoms with Gasteiger partial charge in [-0.05, 0) is 36.8 Å². The van der Waals surface area contributed by atoms with Gasteiger partial charge in [-0.25, -0.2) is 0 Å². The molecule has 0 aliphatic carbocycles. The van der Waals surface area contributed by atoms with E-state index in [1.54, 1.807) is 17.0 Å². The number of hydrogen-bond acceptors (Lipinski definition) is 4. The van der Waals surface area contributed by atoms with Gasteiger partial charge >= 0.3 is 0 Å². The summed E-state index contributed by atoms with van der Waals surface area (Å²) in [5, 5.41) is 1.77. The van der Waals surface area contributed by atoms with E-state index in [9.17, 15) is 4.79 Å². The molecule has 1 aliphatic heterocycles. The minimum atomic E-state index is -0.0908. The number of para-hydroxylation sites is 1. The van der Waals surface area contributed by atoms with Gasteiger partial charge in [0.1, 0.15) is 5.75 Å². The SMILES string of the molecule is CCOc1ccccc1C(=O)N1CCN=C1SCc1ccc(Cl)c(Cl)c1. The lowest BCUT2D eigenvalue weighted by molar-refractivity contribution is 0.0856. The van der Waals surface area contributed by atoms with Gasteiger partial charge in [0.2, 0.25) is 0 Å². The van der Waals surface area contributed by atoms with Crippen molar-refractivity contribution in [1.29, 1.82) is 0 Å². The third kappa shape index (κ3) is 4.34. The van der Waals surface area contributed by atoms with Crippen LogP contribution in [0.2, 0.25) is 10.0 Å². The van der Waals surface area contributed by atoms with E-state index in [0.29, 0.717) is 52.0 Å². The zero-order valence-electron chi connectivity index (χ0n) is 14.2. The van der Waals surface area contributed by atoms with Gasteiger partial charge in [-0.1, -0.05) is 53.2 Å². The van der Waals surface area contributed by atoms with E-state index in [2.05, 4.69) is 4.99 Å². The van der Waals surface area contributed by atoms with Gasteiger partial charge in [-0.15, -0.1) is 0 Å². The quantitative estimate of drug-likeness (QED) is 0.687. The van der Waals surface area contributed by atoms with Gasteiger partial charge in [0, 0.05) is 12.3 Å². The number of ether oxygens (including phenoxy) is 1. The van der Waals surface area contributed by atoms with Crippen molar-refractivity contribution in [3.8, 4) is 5.75 Å². The highest BCUT2D eigenvalue weighted by Crippen LogP contribution is 2.28. The van der Waals surface area contributed by atoms with Gasteiger partial charge in [-0.2, -0.15) is 0 Å². The number of carbonyl (C=O) groups excluding carboxylic acids is 1. The summed E-state index contributed by atoms with van der Waals surface area (Å²) in [5.74, 6) is 1.17. The molecule has 0 saturated heterocycles. The molecule has 0 bridgehead atoms. The molecule has 136 valence electrons. The van der Waals surface area contributed by atoms with E-state index in [1.807, 2.05) is 37.3 Å². The summed E-state index contributed by atoms with van der Waals surface area (Å²) in [4.78, 5) is 19.2. The van der Waals surface area contributed by atoms with Gasteiger partial charge in [0.25, 0.3) is 5.91 Å². The Morgan fingerprint density at radius 1 is 1.23 bits per heavy atom. The highest BCUT2D eigenvalue weighted by Gasteiger charge is 2.27. The fourth-order valence-corrected chi connectivity index (χ4v) is 3.89. The normalized spacial score (nSPS) is 13.7. The van der Waals surface area contributed by atoms with E-state index in [4.69, 9.17) is 27.9 Å². The molecule has 0 fully saturated rings. The second kappa shape index (κ2) is 8.80. The molecule has 0 aromatic heterocycles. The fourth-order valence-electron chi connectivity index (χ4n) is 2.59. The minimum absolute atomic E-state index is 0.0908. The van der Waals surface area contributed by atoms with Crippen molar-refractivity contribution in [2.75, 3.05) is 19.7 Å². The van der Waals surface area contributed by atoms with Crippen molar-refractivity contribution in [2.45, 2.75) is 12.7 Å². The van der Waals surface area contributed by atoms with Crippen molar-refractivity contribution >= 4 is 46.0 Å². The van der Waals surface area contributed by atoms with Crippen LogP contribution in [0, 0.1) is 0 Å². The van der Waals surface area contributed by atoms with E-state index in [-0.39, 0.29) is 5.91 Å². The van der Waals surface area contributed by atoms with Gasteiger partial charge in [0.15, 0.2) is 5.17 Å². The van der Waals surface area contributed by atoms with Crippen LogP contribution >= 0.6 is 35.0 Å². The molecule has 2 aromatic rings. The Morgan fingerprint density at radius 3 is 2.81 bits per heavy atom. The number of carbonyl (C=O) groups is 1. The molecule has 0 N–H and O–H groups in total. The number of benzene rings is 2. The summed E-state index contributed by atoms with van der Waals surface area (Å²) < 4.78 is 5.59. The first-order valence-electron chi connectivity index (χ1n) is 8.25. The second-order valence-corrected chi connectivity index (χ2v) is 7.34. The highest BCUT2D eigenvalue weighted by molar-refractivity contribution is 8.13. The Labute approximate surface area is 167 Å². The van der Waals surface area contributed by atoms with Crippen LogP contribution < -0.4 is 4.74 Å². The van der Waals surface area contributed by atoms with Crippen LogP contribution in [0.5, 0.6) is 5.75 Å². The van der Waals surface area contributed by atoms with Gasteiger partial charge < -0.3 is 4.74 Å². The Balaban J connectivity index is 1.71. The number of halogens is 2. The Bertz CT molecular complexity index is 842. The van der Waals surface area contributed by atoms with Crippen molar-refractivity contribution in [1.82, 2.24) is 4.90 Å². The van der Waals surface area contributed by atoms with Crippen LogP contribution in [0.3, 0.4) is 0 Å². The number of hydrogen-bond donors (Lipinski definition) is 0.